The van der Waals surface area contributed by atoms with Crippen LogP contribution in [0.15, 0.2) is 28.9 Å². The molecule has 2 aromatic rings. The first-order valence-electron chi connectivity index (χ1n) is 3.16. The number of fused-ring (bicyclic) bond motifs is 1. The highest BCUT2D eigenvalue weighted by Crippen LogP contribution is 2.10. The molecule has 3 heteroatoms. The average molecular weight is 208 g/mol. The second-order valence-corrected chi connectivity index (χ2v) is 2.87. The van der Waals surface area contributed by atoms with E-state index in [0.717, 1.165) is 11.0 Å². The maximum absolute atomic E-state index is 4.17. The van der Waals surface area contributed by atoms with Crippen LogP contribution >= 0.6 is 15.9 Å². The summed E-state index contributed by atoms with van der Waals surface area (Å²) in [4.78, 5) is 8.22. The predicted octanol–water partition coefficient (Wildman–Crippen LogP) is 2.19. The largest absolute Gasteiger partial charge is 0.242 e. The van der Waals surface area contributed by atoms with Crippen LogP contribution < -0.4 is 0 Å². The third-order valence-electron chi connectivity index (χ3n) is 1.37. The van der Waals surface area contributed by atoms with Crippen molar-refractivity contribution >= 4 is 27.0 Å². The number of para-hydroxylation sites is 2. The van der Waals surface area contributed by atoms with Gasteiger partial charge in [0, 0.05) is 0 Å². The third kappa shape index (κ3) is 1.24. The van der Waals surface area contributed by atoms with Crippen LogP contribution in [0.3, 0.4) is 0 Å². The molecular weight excluding hydrogens is 204 g/mol. The van der Waals surface area contributed by atoms with Crippen molar-refractivity contribution in [3.63, 3.8) is 0 Å². The third-order valence-corrected chi connectivity index (χ3v) is 1.72. The molecular formula is C8H4BrN2. The molecule has 2 nitrogen and oxygen atoms in total. The van der Waals surface area contributed by atoms with Gasteiger partial charge in [0.05, 0.1) is 11.0 Å². The van der Waals surface area contributed by atoms with Crippen molar-refractivity contribution in [3.8, 4) is 0 Å². The molecule has 1 radical (unpaired) electrons. The Labute approximate surface area is 72.4 Å². The van der Waals surface area contributed by atoms with E-state index >= 15 is 0 Å². The van der Waals surface area contributed by atoms with Gasteiger partial charge in [0.25, 0.3) is 0 Å². The van der Waals surface area contributed by atoms with Crippen molar-refractivity contribution in [1.29, 1.82) is 0 Å². The lowest BCUT2D eigenvalue weighted by Gasteiger charge is -1.93. The summed E-state index contributed by atoms with van der Waals surface area (Å²) < 4.78 is 0.649. The first-order chi connectivity index (χ1) is 5.36. The van der Waals surface area contributed by atoms with Crippen molar-refractivity contribution < 1.29 is 0 Å². The maximum Gasteiger partial charge on any atom is 0.134 e. The SMILES string of the molecule is Brc1[c]nc2ccccc2n1. The summed E-state index contributed by atoms with van der Waals surface area (Å²) in [6.45, 7) is 0. The van der Waals surface area contributed by atoms with Crippen molar-refractivity contribution in [2.24, 2.45) is 0 Å². The van der Waals surface area contributed by atoms with Crippen LogP contribution in [-0.2, 0) is 0 Å². The zero-order valence-corrected chi connectivity index (χ0v) is 7.17. The van der Waals surface area contributed by atoms with E-state index in [0.29, 0.717) is 4.60 Å². The van der Waals surface area contributed by atoms with Gasteiger partial charge in [-0.05, 0) is 28.1 Å². The highest BCUT2D eigenvalue weighted by Gasteiger charge is 1.94. The summed E-state index contributed by atoms with van der Waals surface area (Å²) in [6.07, 6.45) is 2.73. The van der Waals surface area contributed by atoms with E-state index in [1.807, 2.05) is 24.3 Å². The lowest BCUT2D eigenvalue weighted by molar-refractivity contribution is 1.24. The molecule has 53 valence electrons. The average Bonchev–Trinajstić information content (AvgIpc) is 2.04. The first-order valence-corrected chi connectivity index (χ1v) is 3.95. The Hall–Kier alpha value is -0.960. The molecule has 11 heavy (non-hydrogen) atoms. The maximum atomic E-state index is 4.17. The molecule has 1 aromatic carbocycles. The van der Waals surface area contributed by atoms with E-state index in [1.54, 1.807) is 0 Å². The van der Waals surface area contributed by atoms with E-state index in [-0.39, 0.29) is 0 Å². The Morgan fingerprint density at radius 2 is 1.91 bits per heavy atom. The van der Waals surface area contributed by atoms with Gasteiger partial charge in [0.2, 0.25) is 0 Å². The van der Waals surface area contributed by atoms with Gasteiger partial charge in [-0.3, -0.25) is 0 Å². The molecule has 0 N–H and O–H groups in total. The summed E-state index contributed by atoms with van der Waals surface area (Å²) in [5.41, 5.74) is 1.76. The molecule has 0 aliphatic carbocycles. The molecule has 0 bridgehead atoms. The number of nitrogens with zero attached hydrogens (tertiary/aromatic N) is 2. The molecule has 0 unspecified atom stereocenters. The van der Waals surface area contributed by atoms with Crippen molar-refractivity contribution in [1.82, 2.24) is 9.97 Å². The van der Waals surface area contributed by atoms with Crippen LogP contribution in [0.4, 0.5) is 0 Å². The molecule has 0 atom stereocenters. The normalized spacial score (nSPS) is 10.3. The molecule has 0 spiro atoms. The molecule has 0 aliphatic heterocycles. The highest BCUT2D eigenvalue weighted by molar-refractivity contribution is 9.10. The standard InChI is InChI=1S/C8H4BrN2/c9-8-5-10-6-3-1-2-4-7(6)11-8/h1-4H. The van der Waals surface area contributed by atoms with Crippen molar-refractivity contribution in [2.45, 2.75) is 0 Å². The zero-order chi connectivity index (χ0) is 7.68. The van der Waals surface area contributed by atoms with Gasteiger partial charge in [0.15, 0.2) is 0 Å². The van der Waals surface area contributed by atoms with Crippen LogP contribution in [0.1, 0.15) is 0 Å². The van der Waals surface area contributed by atoms with E-state index in [1.165, 1.54) is 0 Å². The lowest BCUT2D eigenvalue weighted by Crippen LogP contribution is -1.82. The van der Waals surface area contributed by atoms with Crippen molar-refractivity contribution in [2.75, 3.05) is 0 Å². The van der Waals surface area contributed by atoms with Crippen LogP contribution in [-0.4, -0.2) is 9.97 Å². The van der Waals surface area contributed by atoms with E-state index in [2.05, 4.69) is 32.1 Å². The summed E-state index contributed by atoms with van der Waals surface area (Å²) in [5, 5.41) is 0. The van der Waals surface area contributed by atoms with Gasteiger partial charge in [0.1, 0.15) is 10.8 Å². The summed E-state index contributed by atoms with van der Waals surface area (Å²) in [7, 11) is 0. The molecule has 1 heterocycles. The topological polar surface area (TPSA) is 25.8 Å². The van der Waals surface area contributed by atoms with Crippen LogP contribution in [0.25, 0.3) is 11.0 Å². The minimum atomic E-state index is 0.649. The zero-order valence-electron chi connectivity index (χ0n) is 5.58. The summed E-state index contributed by atoms with van der Waals surface area (Å²) in [5.74, 6) is 0. The fourth-order valence-corrected chi connectivity index (χ4v) is 1.17. The predicted molar refractivity (Wildman–Crippen MR) is 46.1 cm³/mol. The van der Waals surface area contributed by atoms with Crippen LogP contribution in [0.5, 0.6) is 0 Å². The number of benzene rings is 1. The summed E-state index contributed by atoms with van der Waals surface area (Å²) >= 11 is 3.20. The minimum Gasteiger partial charge on any atom is -0.242 e. The molecule has 0 amide bonds. The summed E-state index contributed by atoms with van der Waals surface area (Å²) in [6, 6.07) is 7.69. The smallest absolute Gasteiger partial charge is 0.134 e. The number of aromatic nitrogens is 2. The van der Waals surface area contributed by atoms with Gasteiger partial charge < -0.3 is 0 Å². The quantitative estimate of drug-likeness (QED) is 0.663. The van der Waals surface area contributed by atoms with E-state index in [4.69, 9.17) is 0 Å². The lowest BCUT2D eigenvalue weighted by atomic mass is 10.3. The van der Waals surface area contributed by atoms with Gasteiger partial charge >= 0.3 is 0 Å². The Bertz CT molecular complexity index is 387. The Kier molecular flexibility index (Phi) is 1.58. The first kappa shape index (κ1) is 6.73. The molecule has 0 saturated carbocycles. The Morgan fingerprint density at radius 1 is 1.18 bits per heavy atom. The Balaban J connectivity index is 2.83. The molecule has 0 aliphatic rings. The Morgan fingerprint density at radius 3 is 2.73 bits per heavy atom. The number of hydrogen-bond donors (Lipinski definition) is 0. The fraction of sp³-hybridized carbons (Fsp3) is 0. The van der Waals surface area contributed by atoms with Gasteiger partial charge in [-0.2, -0.15) is 0 Å². The molecule has 2 rings (SSSR count). The number of halogens is 1. The van der Waals surface area contributed by atoms with Gasteiger partial charge in [-0.15, -0.1) is 0 Å². The molecule has 1 aromatic heterocycles. The number of hydrogen-bond acceptors (Lipinski definition) is 2. The fourth-order valence-electron chi connectivity index (χ4n) is 0.890. The monoisotopic (exact) mass is 207 g/mol. The van der Waals surface area contributed by atoms with Crippen LogP contribution in [0, 0.1) is 6.20 Å². The van der Waals surface area contributed by atoms with E-state index < -0.39 is 0 Å². The van der Waals surface area contributed by atoms with Crippen molar-refractivity contribution in [3.05, 3.63) is 35.1 Å². The second kappa shape index (κ2) is 2.58. The molecule has 0 fully saturated rings. The molecule has 0 saturated heterocycles. The highest BCUT2D eigenvalue weighted by atomic mass is 79.9. The number of rotatable bonds is 0. The van der Waals surface area contributed by atoms with Gasteiger partial charge in [-0.1, -0.05) is 12.1 Å². The second-order valence-electron chi connectivity index (χ2n) is 2.11. The van der Waals surface area contributed by atoms with Crippen LogP contribution in [0.2, 0.25) is 0 Å². The van der Waals surface area contributed by atoms with Gasteiger partial charge in [-0.25, -0.2) is 9.97 Å². The minimum absolute atomic E-state index is 0.649. The van der Waals surface area contributed by atoms with E-state index in [9.17, 15) is 0 Å².